The van der Waals surface area contributed by atoms with Gasteiger partial charge < -0.3 is 4.42 Å². The van der Waals surface area contributed by atoms with Crippen molar-refractivity contribution in [1.29, 1.82) is 0 Å². The second-order valence-electron chi connectivity index (χ2n) is 4.83. The average molecular weight is 335 g/mol. The van der Waals surface area contributed by atoms with Crippen LogP contribution in [0.1, 0.15) is 28.4 Å². The third-order valence-corrected chi connectivity index (χ3v) is 5.17. The smallest absolute Gasteiger partial charge is 0.277 e. The van der Waals surface area contributed by atoms with Crippen molar-refractivity contribution in [1.82, 2.24) is 15.2 Å². The first kappa shape index (κ1) is 15.2. The second kappa shape index (κ2) is 6.18. The highest BCUT2D eigenvalue weighted by atomic mass is 32.2. The monoisotopic (exact) mass is 335 g/mol. The van der Waals surface area contributed by atoms with Gasteiger partial charge in [-0.25, -0.2) is 9.37 Å². The highest BCUT2D eigenvalue weighted by molar-refractivity contribution is 7.99. The molecule has 0 bridgehead atoms. The zero-order valence-electron chi connectivity index (χ0n) is 12.3. The van der Waals surface area contributed by atoms with Crippen molar-refractivity contribution in [3.63, 3.8) is 0 Å². The predicted octanol–water partition coefficient (Wildman–Crippen LogP) is 4.80. The van der Waals surface area contributed by atoms with Crippen LogP contribution in [0, 0.1) is 19.7 Å². The van der Waals surface area contributed by atoms with Crippen LogP contribution in [0.3, 0.4) is 0 Å². The first-order valence-corrected chi connectivity index (χ1v) is 8.42. The Labute approximate surface area is 135 Å². The molecule has 1 atom stereocenters. The molecule has 0 aliphatic rings. The molecule has 2 heterocycles. The Morgan fingerprint density at radius 1 is 1.18 bits per heavy atom. The summed E-state index contributed by atoms with van der Waals surface area (Å²) in [6.45, 7) is 5.89. The molecule has 0 saturated heterocycles. The van der Waals surface area contributed by atoms with E-state index in [-0.39, 0.29) is 11.1 Å². The van der Waals surface area contributed by atoms with E-state index in [4.69, 9.17) is 4.42 Å². The van der Waals surface area contributed by atoms with Gasteiger partial charge in [0.15, 0.2) is 0 Å². The van der Waals surface area contributed by atoms with E-state index in [2.05, 4.69) is 15.2 Å². The lowest BCUT2D eigenvalue weighted by Gasteiger charge is -2.07. The first-order chi connectivity index (χ1) is 10.5. The van der Waals surface area contributed by atoms with Gasteiger partial charge >= 0.3 is 0 Å². The van der Waals surface area contributed by atoms with Gasteiger partial charge in [0.2, 0.25) is 0 Å². The van der Waals surface area contributed by atoms with Crippen LogP contribution in [0.5, 0.6) is 0 Å². The molecule has 0 N–H and O–H groups in total. The highest BCUT2D eigenvalue weighted by Crippen LogP contribution is 2.36. The molecule has 0 saturated carbocycles. The van der Waals surface area contributed by atoms with Gasteiger partial charge in [0, 0.05) is 5.25 Å². The number of hydrogen-bond acceptors (Lipinski definition) is 6. The second-order valence-corrected chi connectivity index (χ2v) is 7.33. The molecule has 0 aliphatic carbocycles. The fraction of sp³-hybridized carbons (Fsp3) is 0.267. The van der Waals surface area contributed by atoms with Gasteiger partial charge in [0.05, 0.1) is 10.7 Å². The largest absolute Gasteiger partial charge is 0.410 e. The standard InChI is InChI=1S/C15H14FN3OS2/c1-8-13(22-10(3)17-8)14-18-19-15(20-14)21-9(2)11-4-6-12(16)7-5-11/h4-7,9H,1-3H3/t9-/m1/s1. The molecule has 0 spiro atoms. The van der Waals surface area contributed by atoms with Gasteiger partial charge in [0.25, 0.3) is 11.1 Å². The highest BCUT2D eigenvalue weighted by Gasteiger charge is 2.17. The Morgan fingerprint density at radius 2 is 1.91 bits per heavy atom. The fourth-order valence-electron chi connectivity index (χ4n) is 2.03. The van der Waals surface area contributed by atoms with Crippen molar-refractivity contribution in [3.05, 3.63) is 46.3 Å². The number of hydrogen-bond donors (Lipinski definition) is 0. The van der Waals surface area contributed by atoms with Crippen LogP contribution in [-0.2, 0) is 0 Å². The van der Waals surface area contributed by atoms with E-state index in [1.165, 1.54) is 35.2 Å². The zero-order valence-corrected chi connectivity index (χ0v) is 14.0. The Morgan fingerprint density at radius 3 is 2.55 bits per heavy atom. The summed E-state index contributed by atoms with van der Waals surface area (Å²) in [7, 11) is 0. The maximum absolute atomic E-state index is 13.0. The summed E-state index contributed by atoms with van der Waals surface area (Å²) in [5.41, 5.74) is 1.91. The van der Waals surface area contributed by atoms with E-state index in [1.807, 2.05) is 20.8 Å². The van der Waals surface area contributed by atoms with Crippen molar-refractivity contribution in [2.24, 2.45) is 0 Å². The molecule has 7 heteroatoms. The quantitative estimate of drug-likeness (QED) is 0.641. The van der Waals surface area contributed by atoms with E-state index in [0.29, 0.717) is 11.1 Å². The molecule has 0 fully saturated rings. The molecule has 3 rings (SSSR count). The zero-order chi connectivity index (χ0) is 15.7. The van der Waals surface area contributed by atoms with E-state index in [1.54, 1.807) is 12.1 Å². The van der Waals surface area contributed by atoms with E-state index < -0.39 is 0 Å². The number of aromatic nitrogens is 3. The number of rotatable bonds is 4. The SMILES string of the molecule is Cc1nc(C)c(-c2nnc(S[C@H](C)c3ccc(F)cc3)o2)s1. The topological polar surface area (TPSA) is 51.8 Å². The lowest BCUT2D eigenvalue weighted by molar-refractivity contribution is 0.465. The average Bonchev–Trinajstić information content (AvgIpc) is 3.06. The predicted molar refractivity (Wildman–Crippen MR) is 85.6 cm³/mol. The first-order valence-electron chi connectivity index (χ1n) is 6.73. The number of thiazole rings is 1. The minimum atomic E-state index is -0.239. The number of thioether (sulfide) groups is 1. The van der Waals surface area contributed by atoms with Crippen molar-refractivity contribution < 1.29 is 8.81 Å². The molecule has 1 aromatic carbocycles. The third kappa shape index (κ3) is 3.20. The van der Waals surface area contributed by atoms with Gasteiger partial charge in [-0.2, -0.15) is 0 Å². The molecule has 0 aliphatic heterocycles. The van der Waals surface area contributed by atoms with Crippen LogP contribution in [0.2, 0.25) is 0 Å². The number of nitrogens with zero attached hydrogens (tertiary/aromatic N) is 3. The Balaban J connectivity index is 1.77. The summed E-state index contributed by atoms with van der Waals surface area (Å²) < 4.78 is 18.7. The lowest BCUT2D eigenvalue weighted by Crippen LogP contribution is -1.88. The van der Waals surface area contributed by atoms with Gasteiger partial charge in [-0.1, -0.05) is 23.9 Å². The van der Waals surface area contributed by atoms with E-state index in [9.17, 15) is 4.39 Å². The summed E-state index contributed by atoms with van der Waals surface area (Å²) in [5, 5.41) is 9.74. The Hall–Kier alpha value is -1.73. The summed E-state index contributed by atoms with van der Waals surface area (Å²) in [6, 6.07) is 6.44. The number of halogens is 1. The van der Waals surface area contributed by atoms with E-state index in [0.717, 1.165) is 21.1 Å². The van der Waals surface area contributed by atoms with Gasteiger partial charge in [0.1, 0.15) is 10.7 Å². The summed E-state index contributed by atoms with van der Waals surface area (Å²) >= 11 is 2.99. The van der Waals surface area contributed by atoms with Crippen molar-refractivity contribution in [2.75, 3.05) is 0 Å². The van der Waals surface area contributed by atoms with Gasteiger partial charge in [-0.3, -0.25) is 0 Å². The fourth-order valence-corrected chi connectivity index (χ4v) is 3.68. The molecular weight excluding hydrogens is 321 g/mol. The molecule has 4 nitrogen and oxygen atoms in total. The molecule has 3 aromatic rings. The maximum atomic E-state index is 13.0. The lowest BCUT2D eigenvalue weighted by atomic mass is 10.2. The third-order valence-electron chi connectivity index (χ3n) is 3.12. The summed E-state index contributed by atoms with van der Waals surface area (Å²) in [4.78, 5) is 5.27. The summed E-state index contributed by atoms with van der Waals surface area (Å²) in [6.07, 6.45) is 0. The van der Waals surface area contributed by atoms with Gasteiger partial charge in [-0.05, 0) is 38.5 Å². The van der Waals surface area contributed by atoms with Crippen molar-refractivity contribution >= 4 is 23.1 Å². The van der Waals surface area contributed by atoms with Gasteiger partial charge in [-0.15, -0.1) is 21.5 Å². The number of aryl methyl sites for hydroxylation is 2. The molecule has 0 radical (unpaired) electrons. The van der Waals surface area contributed by atoms with E-state index >= 15 is 0 Å². The molecular formula is C15H14FN3OS2. The summed E-state index contributed by atoms with van der Waals surface area (Å²) in [5.74, 6) is 0.258. The molecule has 0 amide bonds. The van der Waals surface area contributed by atoms with Crippen molar-refractivity contribution in [3.8, 4) is 10.8 Å². The number of benzene rings is 1. The molecule has 2 aromatic heterocycles. The minimum Gasteiger partial charge on any atom is -0.410 e. The maximum Gasteiger partial charge on any atom is 0.277 e. The van der Waals surface area contributed by atoms with Crippen LogP contribution in [0.4, 0.5) is 4.39 Å². The van der Waals surface area contributed by atoms with Crippen LogP contribution < -0.4 is 0 Å². The van der Waals surface area contributed by atoms with Crippen LogP contribution in [0.15, 0.2) is 33.9 Å². The van der Waals surface area contributed by atoms with Crippen molar-refractivity contribution in [2.45, 2.75) is 31.2 Å². The van der Waals surface area contributed by atoms with Crippen LogP contribution >= 0.6 is 23.1 Å². The minimum absolute atomic E-state index is 0.0955. The van der Waals surface area contributed by atoms with Crippen LogP contribution in [0.25, 0.3) is 10.8 Å². The molecule has 0 unspecified atom stereocenters. The normalized spacial score (nSPS) is 12.5. The molecule has 22 heavy (non-hydrogen) atoms. The molecule has 114 valence electrons. The Kier molecular flexibility index (Phi) is 4.26. The van der Waals surface area contributed by atoms with Crippen LogP contribution in [-0.4, -0.2) is 15.2 Å². The Bertz CT molecular complexity index is 782.